The Morgan fingerprint density at radius 3 is 2.90 bits per heavy atom. The molecule has 7 nitrogen and oxygen atoms in total. The van der Waals surface area contributed by atoms with Gasteiger partial charge in [0, 0.05) is 31.9 Å². The average molecular weight is 295 g/mol. The van der Waals surface area contributed by atoms with Crippen molar-refractivity contribution in [1.82, 2.24) is 14.5 Å². The highest BCUT2D eigenvalue weighted by atomic mass is 16.5. The molecule has 0 aromatic carbocycles. The highest BCUT2D eigenvalue weighted by Crippen LogP contribution is 2.21. The number of rotatable bonds is 7. The van der Waals surface area contributed by atoms with Crippen molar-refractivity contribution in [2.45, 2.75) is 32.4 Å². The summed E-state index contributed by atoms with van der Waals surface area (Å²) in [6.07, 6.45) is 6.25. The van der Waals surface area contributed by atoms with Gasteiger partial charge < -0.3 is 19.3 Å². The maximum absolute atomic E-state index is 12.4. The minimum absolute atomic E-state index is 0.0349. The molecule has 2 heterocycles. The maximum atomic E-state index is 12.4. The highest BCUT2D eigenvalue weighted by Gasteiger charge is 2.39. The van der Waals surface area contributed by atoms with Crippen molar-refractivity contribution < 1.29 is 19.4 Å². The predicted molar refractivity (Wildman–Crippen MR) is 74.6 cm³/mol. The van der Waals surface area contributed by atoms with Gasteiger partial charge in [0.1, 0.15) is 5.92 Å². The number of imidazole rings is 1. The minimum atomic E-state index is -0.902. The molecule has 1 saturated heterocycles. The van der Waals surface area contributed by atoms with E-state index in [0.29, 0.717) is 26.1 Å². The molecule has 2 rings (SSSR count). The molecule has 0 saturated carbocycles. The first-order chi connectivity index (χ1) is 10.1. The second-order valence-electron chi connectivity index (χ2n) is 5.19. The van der Waals surface area contributed by atoms with Gasteiger partial charge in [-0.25, -0.2) is 4.98 Å². The van der Waals surface area contributed by atoms with Gasteiger partial charge in [-0.05, 0) is 6.42 Å². The number of aryl methyl sites for hydroxylation is 1. The van der Waals surface area contributed by atoms with Crippen LogP contribution in [0.5, 0.6) is 0 Å². The first kappa shape index (κ1) is 15.5. The van der Waals surface area contributed by atoms with Crippen LogP contribution < -0.4 is 0 Å². The third-order valence-electron chi connectivity index (χ3n) is 3.70. The van der Waals surface area contributed by atoms with E-state index in [2.05, 4.69) is 4.98 Å². The van der Waals surface area contributed by atoms with Gasteiger partial charge in [-0.1, -0.05) is 6.92 Å². The van der Waals surface area contributed by atoms with Crippen molar-refractivity contribution in [3.8, 4) is 0 Å². The summed E-state index contributed by atoms with van der Waals surface area (Å²) in [4.78, 5) is 29.3. The summed E-state index contributed by atoms with van der Waals surface area (Å²) in [7, 11) is 0. The Hall–Kier alpha value is -1.89. The topological polar surface area (TPSA) is 84.7 Å². The van der Waals surface area contributed by atoms with Crippen LogP contribution in [0.15, 0.2) is 18.7 Å². The Kier molecular flexibility index (Phi) is 5.32. The summed E-state index contributed by atoms with van der Waals surface area (Å²) in [5.74, 6) is -1.57. The number of aromatic nitrogens is 2. The first-order valence-electron chi connectivity index (χ1n) is 7.19. The van der Waals surface area contributed by atoms with E-state index in [0.717, 1.165) is 6.42 Å². The number of carboxylic acids is 1. The number of carboxylic acid groups (broad SMARTS) is 1. The van der Waals surface area contributed by atoms with Crippen molar-refractivity contribution >= 4 is 11.9 Å². The van der Waals surface area contributed by atoms with Gasteiger partial charge in [0.05, 0.1) is 25.6 Å². The number of nitrogens with zero attached hydrogens (tertiary/aromatic N) is 3. The molecule has 1 fully saturated rings. The highest BCUT2D eigenvalue weighted by molar-refractivity contribution is 5.78. The van der Waals surface area contributed by atoms with Gasteiger partial charge in [0.2, 0.25) is 5.91 Å². The quantitative estimate of drug-likeness (QED) is 0.796. The molecule has 2 unspecified atom stereocenters. The molecule has 1 N–H and O–H groups in total. The van der Waals surface area contributed by atoms with Crippen molar-refractivity contribution in [3.63, 3.8) is 0 Å². The van der Waals surface area contributed by atoms with Gasteiger partial charge in [0.15, 0.2) is 0 Å². The zero-order chi connectivity index (χ0) is 15.2. The van der Waals surface area contributed by atoms with E-state index >= 15 is 0 Å². The molecule has 0 aliphatic carbocycles. The molecule has 1 aliphatic heterocycles. The van der Waals surface area contributed by atoms with Crippen LogP contribution in [0.1, 0.15) is 19.8 Å². The van der Waals surface area contributed by atoms with Crippen LogP contribution >= 0.6 is 0 Å². The second kappa shape index (κ2) is 7.21. The van der Waals surface area contributed by atoms with Gasteiger partial charge in [-0.2, -0.15) is 0 Å². The Morgan fingerprint density at radius 2 is 2.29 bits per heavy atom. The van der Waals surface area contributed by atoms with Crippen LogP contribution in [0, 0.1) is 5.92 Å². The Labute approximate surface area is 123 Å². The third kappa shape index (κ3) is 3.81. The Morgan fingerprint density at radius 1 is 1.48 bits per heavy atom. The number of hydrogen-bond donors (Lipinski definition) is 1. The monoisotopic (exact) mass is 295 g/mol. The van der Waals surface area contributed by atoms with E-state index in [-0.39, 0.29) is 18.6 Å². The SMILES string of the molecule is CCCN(C(=O)CCn1ccnc1)C1COCC1C(=O)O. The number of amides is 1. The Bertz CT molecular complexity index is 475. The maximum Gasteiger partial charge on any atom is 0.311 e. The van der Waals surface area contributed by atoms with Gasteiger partial charge in [0.25, 0.3) is 0 Å². The van der Waals surface area contributed by atoms with Crippen LogP contribution in [-0.4, -0.2) is 57.2 Å². The normalized spacial score (nSPS) is 21.4. The molecule has 0 radical (unpaired) electrons. The smallest absolute Gasteiger partial charge is 0.311 e. The molecule has 116 valence electrons. The molecule has 0 spiro atoms. The largest absolute Gasteiger partial charge is 0.481 e. The summed E-state index contributed by atoms with van der Waals surface area (Å²) >= 11 is 0. The lowest BCUT2D eigenvalue weighted by atomic mass is 10.0. The van der Waals surface area contributed by atoms with E-state index in [1.54, 1.807) is 23.6 Å². The van der Waals surface area contributed by atoms with E-state index in [1.807, 2.05) is 11.5 Å². The number of aliphatic carboxylic acids is 1. The third-order valence-corrected chi connectivity index (χ3v) is 3.70. The Balaban J connectivity index is 1.99. The van der Waals surface area contributed by atoms with Crippen LogP contribution in [0.3, 0.4) is 0 Å². The molecular formula is C14H21N3O4. The van der Waals surface area contributed by atoms with Crippen LogP contribution in [0.2, 0.25) is 0 Å². The van der Waals surface area contributed by atoms with Crippen LogP contribution in [0.25, 0.3) is 0 Å². The number of ether oxygens (including phenoxy) is 1. The fourth-order valence-corrected chi connectivity index (χ4v) is 2.59. The number of hydrogen-bond acceptors (Lipinski definition) is 4. The summed E-state index contributed by atoms with van der Waals surface area (Å²) in [5.41, 5.74) is 0. The van der Waals surface area contributed by atoms with E-state index in [4.69, 9.17) is 4.74 Å². The minimum Gasteiger partial charge on any atom is -0.481 e. The molecule has 2 atom stereocenters. The lowest BCUT2D eigenvalue weighted by Crippen LogP contribution is -2.47. The first-order valence-corrected chi connectivity index (χ1v) is 7.19. The standard InChI is InChI=1S/C14H21N3O4/c1-2-5-17(12-9-21-8-11(12)14(19)20)13(18)3-6-16-7-4-15-10-16/h4,7,10-12H,2-3,5-6,8-9H2,1H3,(H,19,20). The van der Waals surface area contributed by atoms with Gasteiger partial charge >= 0.3 is 5.97 Å². The molecule has 21 heavy (non-hydrogen) atoms. The molecule has 1 amide bonds. The van der Waals surface area contributed by atoms with Gasteiger partial charge in [-0.3, -0.25) is 9.59 Å². The van der Waals surface area contributed by atoms with Crippen molar-refractivity contribution in [2.75, 3.05) is 19.8 Å². The molecule has 7 heteroatoms. The number of carbonyl (C=O) groups is 2. The molecule has 0 bridgehead atoms. The fourth-order valence-electron chi connectivity index (χ4n) is 2.59. The lowest BCUT2D eigenvalue weighted by molar-refractivity contribution is -0.145. The van der Waals surface area contributed by atoms with E-state index in [1.165, 1.54) is 0 Å². The van der Waals surface area contributed by atoms with Crippen molar-refractivity contribution in [1.29, 1.82) is 0 Å². The molecule has 1 aromatic rings. The van der Waals surface area contributed by atoms with Crippen LogP contribution in [0.4, 0.5) is 0 Å². The van der Waals surface area contributed by atoms with Gasteiger partial charge in [-0.15, -0.1) is 0 Å². The fraction of sp³-hybridized carbons (Fsp3) is 0.643. The summed E-state index contributed by atoms with van der Waals surface area (Å²) in [5, 5.41) is 9.23. The summed E-state index contributed by atoms with van der Waals surface area (Å²) in [6.45, 7) is 3.55. The average Bonchev–Trinajstić information content (AvgIpc) is 3.12. The molecule has 1 aromatic heterocycles. The molecule has 1 aliphatic rings. The second-order valence-corrected chi connectivity index (χ2v) is 5.19. The zero-order valence-corrected chi connectivity index (χ0v) is 12.1. The van der Waals surface area contributed by atoms with E-state index in [9.17, 15) is 14.7 Å². The van der Waals surface area contributed by atoms with Crippen molar-refractivity contribution in [2.24, 2.45) is 5.92 Å². The lowest BCUT2D eigenvalue weighted by Gasteiger charge is -2.30. The number of carbonyl (C=O) groups excluding carboxylic acids is 1. The molecular weight excluding hydrogens is 274 g/mol. The summed E-state index contributed by atoms with van der Waals surface area (Å²) in [6, 6.07) is -0.363. The van der Waals surface area contributed by atoms with E-state index < -0.39 is 11.9 Å². The zero-order valence-electron chi connectivity index (χ0n) is 12.1. The predicted octanol–water partition coefficient (Wildman–Crippen LogP) is 0.611. The van der Waals surface area contributed by atoms with Crippen molar-refractivity contribution in [3.05, 3.63) is 18.7 Å². The van der Waals surface area contributed by atoms with Crippen LogP contribution in [-0.2, 0) is 20.9 Å². The summed E-state index contributed by atoms with van der Waals surface area (Å²) < 4.78 is 7.10.